The average molecular weight is 234 g/mol. The summed E-state index contributed by atoms with van der Waals surface area (Å²) in [6, 6.07) is 8.93. The second-order valence-electron chi connectivity index (χ2n) is 4.87. The Hall–Kier alpha value is -0.860. The van der Waals surface area contributed by atoms with Gasteiger partial charge in [-0.15, -0.1) is 0 Å². The van der Waals surface area contributed by atoms with Crippen molar-refractivity contribution in [3.05, 3.63) is 35.4 Å². The lowest BCUT2D eigenvalue weighted by Crippen LogP contribution is -2.33. The molecule has 0 heterocycles. The summed E-state index contributed by atoms with van der Waals surface area (Å²) in [5.74, 6) is 6.38. The molecule has 0 aromatic heterocycles. The Balaban J connectivity index is 2.81. The number of rotatable bonds is 7. The van der Waals surface area contributed by atoms with E-state index in [1.807, 2.05) is 0 Å². The average Bonchev–Trinajstić information content (AvgIpc) is 2.34. The van der Waals surface area contributed by atoms with Gasteiger partial charge < -0.3 is 0 Å². The minimum absolute atomic E-state index is 0.284. The first-order valence-corrected chi connectivity index (χ1v) is 6.75. The van der Waals surface area contributed by atoms with E-state index < -0.39 is 0 Å². The largest absolute Gasteiger partial charge is 0.271 e. The van der Waals surface area contributed by atoms with Gasteiger partial charge in [-0.05, 0) is 24.8 Å². The summed E-state index contributed by atoms with van der Waals surface area (Å²) < 4.78 is 0. The van der Waals surface area contributed by atoms with Crippen molar-refractivity contribution in [2.45, 2.75) is 52.5 Å². The highest BCUT2D eigenvalue weighted by Gasteiger charge is 2.19. The van der Waals surface area contributed by atoms with E-state index >= 15 is 0 Å². The van der Waals surface area contributed by atoms with Crippen LogP contribution in [0, 0.1) is 12.8 Å². The van der Waals surface area contributed by atoms with Crippen LogP contribution in [0.5, 0.6) is 0 Å². The van der Waals surface area contributed by atoms with Gasteiger partial charge in [-0.3, -0.25) is 11.3 Å². The van der Waals surface area contributed by atoms with Crippen LogP contribution in [0.3, 0.4) is 0 Å². The van der Waals surface area contributed by atoms with E-state index in [2.05, 4.69) is 50.5 Å². The van der Waals surface area contributed by atoms with Gasteiger partial charge >= 0.3 is 0 Å². The van der Waals surface area contributed by atoms with Gasteiger partial charge in [0, 0.05) is 6.04 Å². The Labute approximate surface area is 106 Å². The summed E-state index contributed by atoms with van der Waals surface area (Å²) in [5, 5.41) is 0. The standard InChI is InChI=1S/C15H26N2/c1-4-6-9-13(5-2)15(17-16)14-10-7-8-12(3)11-14/h7-8,10-11,13,15,17H,4-6,9,16H2,1-3H3. The Morgan fingerprint density at radius 2 is 2.06 bits per heavy atom. The molecule has 1 aromatic carbocycles. The summed E-state index contributed by atoms with van der Waals surface area (Å²) in [5.41, 5.74) is 5.62. The third-order valence-electron chi connectivity index (χ3n) is 3.51. The van der Waals surface area contributed by atoms with Crippen molar-refractivity contribution < 1.29 is 0 Å². The molecular formula is C15H26N2. The molecule has 2 unspecified atom stereocenters. The van der Waals surface area contributed by atoms with Gasteiger partial charge in [-0.25, -0.2) is 0 Å². The zero-order valence-corrected chi connectivity index (χ0v) is 11.4. The van der Waals surface area contributed by atoms with E-state index in [-0.39, 0.29) is 6.04 Å². The third kappa shape index (κ3) is 4.14. The first-order chi connectivity index (χ1) is 8.22. The van der Waals surface area contributed by atoms with Crippen molar-refractivity contribution in [3.63, 3.8) is 0 Å². The highest BCUT2D eigenvalue weighted by atomic mass is 15.2. The van der Waals surface area contributed by atoms with E-state index in [4.69, 9.17) is 5.84 Å². The first-order valence-electron chi connectivity index (χ1n) is 6.75. The molecule has 2 heteroatoms. The lowest BCUT2D eigenvalue weighted by Gasteiger charge is -2.26. The number of unbranched alkanes of at least 4 members (excludes halogenated alkanes) is 1. The molecule has 0 radical (unpaired) electrons. The predicted molar refractivity (Wildman–Crippen MR) is 74.5 cm³/mol. The third-order valence-corrected chi connectivity index (χ3v) is 3.51. The van der Waals surface area contributed by atoms with Crippen molar-refractivity contribution in [1.29, 1.82) is 0 Å². The fourth-order valence-corrected chi connectivity index (χ4v) is 2.44. The molecule has 0 aliphatic rings. The van der Waals surface area contributed by atoms with Crippen molar-refractivity contribution >= 4 is 0 Å². The normalized spacial score (nSPS) is 14.6. The molecule has 0 bridgehead atoms. The van der Waals surface area contributed by atoms with Crippen molar-refractivity contribution in [2.75, 3.05) is 0 Å². The molecule has 0 aliphatic carbocycles. The number of nitrogens with one attached hydrogen (secondary N) is 1. The van der Waals surface area contributed by atoms with E-state index in [1.54, 1.807) is 0 Å². The summed E-state index contributed by atoms with van der Waals surface area (Å²) in [4.78, 5) is 0. The fourth-order valence-electron chi connectivity index (χ4n) is 2.44. The number of aryl methyl sites for hydroxylation is 1. The molecule has 0 spiro atoms. The first kappa shape index (κ1) is 14.2. The molecule has 0 aliphatic heterocycles. The molecule has 0 saturated carbocycles. The van der Waals surface area contributed by atoms with Gasteiger partial charge in [0.25, 0.3) is 0 Å². The van der Waals surface area contributed by atoms with Crippen LogP contribution in [0.4, 0.5) is 0 Å². The molecule has 0 fully saturated rings. The molecule has 2 nitrogen and oxygen atoms in total. The van der Waals surface area contributed by atoms with Crippen LogP contribution in [0.25, 0.3) is 0 Å². The quantitative estimate of drug-likeness (QED) is 0.557. The Morgan fingerprint density at radius 3 is 2.59 bits per heavy atom. The predicted octanol–water partition coefficient (Wildman–Crippen LogP) is 3.72. The molecule has 17 heavy (non-hydrogen) atoms. The van der Waals surface area contributed by atoms with Crippen molar-refractivity contribution in [1.82, 2.24) is 5.43 Å². The van der Waals surface area contributed by atoms with Crippen LogP contribution in [0.15, 0.2) is 24.3 Å². The van der Waals surface area contributed by atoms with Crippen LogP contribution in [0.2, 0.25) is 0 Å². The summed E-state index contributed by atoms with van der Waals surface area (Å²) >= 11 is 0. The van der Waals surface area contributed by atoms with E-state index in [1.165, 1.54) is 36.8 Å². The molecule has 0 amide bonds. The smallest absolute Gasteiger partial charge is 0.0488 e. The van der Waals surface area contributed by atoms with Gasteiger partial charge in [0.2, 0.25) is 0 Å². The van der Waals surface area contributed by atoms with Gasteiger partial charge in [0.05, 0.1) is 0 Å². The number of hydrazine groups is 1. The molecule has 1 rings (SSSR count). The molecule has 3 N–H and O–H groups in total. The lowest BCUT2D eigenvalue weighted by molar-refractivity contribution is 0.326. The zero-order chi connectivity index (χ0) is 12.7. The van der Waals surface area contributed by atoms with Crippen LogP contribution in [-0.2, 0) is 0 Å². The summed E-state index contributed by atoms with van der Waals surface area (Å²) in [6.07, 6.45) is 4.95. The Bertz CT molecular complexity index is 322. The highest BCUT2D eigenvalue weighted by Crippen LogP contribution is 2.28. The van der Waals surface area contributed by atoms with Crippen molar-refractivity contribution in [3.8, 4) is 0 Å². The maximum Gasteiger partial charge on any atom is 0.0488 e. The second kappa shape index (κ2) is 7.46. The van der Waals surface area contributed by atoms with Gasteiger partial charge in [-0.1, -0.05) is 62.9 Å². The topological polar surface area (TPSA) is 38.0 Å². The summed E-state index contributed by atoms with van der Waals surface area (Å²) in [6.45, 7) is 6.62. The van der Waals surface area contributed by atoms with Crippen LogP contribution in [0.1, 0.15) is 56.7 Å². The monoisotopic (exact) mass is 234 g/mol. The maximum atomic E-state index is 5.75. The zero-order valence-electron chi connectivity index (χ0n) is 11.4. The lowest BCUT2D eigenvalue weighted by atomic mass is 9.87. The van der Waals surface area contributed by atoms with E-state index in [0.29, 0.717) is 5.92 Å². The highest BCUT2D eigenvalue weighted by molar-refractivity contribution is 5.25. The minimum atomic E-state index is 0.284. The molecule has 96 valence electrons. The summed E-state index contributed by atoms with van der Waals surface area (Å²) in [7, 11) is 0. The van der Waals surface area contributed by atoms with Crippen LogP contribution >= 0.6 is 0 Å². The molecular weight excluding hydrogens is 208 g/mol. The number of nitrogens with two attached hydrogens (primary N) is 1. The fraction of sp³-hybridized carbons (Fsp3) is 0.600. The molecule has 2 atom stereocenters. The van der Waals surface area contributed by atoms with Gasteiger partial charge in [0.1, 0.15) is 0 Å². The number of hydrogen-bond donors (Lipinski definition) is 2. The minimum Gasteiger partial charge on any atom is -0.271 e. The molecule has 0 saturated heterocycles. The SMILES string of the molecule is CCCCC(CC)C(NN)c1cccc(C)c1. The van der Waals surface area contributed by atoms with Crippen LogP contribution in [-0.4, -0.2) is 0 Å². The van der Waals surface area contributed by atoms with E-state index in [0.717, 1.165) is 0 Å². The van der Waals surface area contributed by atoms with E-state index in [9.17, 15) is 0 Å². The Morgan fingerprint density at radius 1 is 1.29 bits per heavy atom. The number of hydrogen-bond acceptors (Lipinski definition) is 2. The van der Waals surface area contributed by atoms with Crippen molar-refractivity contribution in [2.24, 2.45) is 11.8 Å². The second-order valence-corrected chi connectivity index (χ2v) is 4.87. The number of benzene rings is 1. The van der Waals surface area contributed by atoms with Gasteiger partial charge in [0.15, 0.2) is 0 Å². The van der Waals surface area contributed by atoms with Crippen LogP contribution < -0.4 is 11.3 Å². The Kier molecular flexibility index (Phi) is 6.23. The molecule has 1 aromatic rings. The maximum absolute atomic E-state index is 5.75. The van der Waals surface area contributed by atoms with Gasteiger partial charge in [-0.2, -0.15) is 0 Å².